The van der Waals surface area contributed by atoms with Crippen molar-refractivity contribution < 1.29 is 8.78 Å². The predicted molar refractivity (Wildman–Crippen MR) is 78.2 cm³/mol. The van der Waals surface area contributed by atoms with Crippen LogP contribution in [0.4, 0.5) is 8.78 Å². The average Bonchev–Trinajstić information content (AvgIpc) is 2.43. The Labute approximate surface area is 122 Å². The Morgan fingerprint density at radius 3 is 2.60 bits per heavy atom. The van der Waals surface area contributed by atoms with E-state index in [1.54, 1.807) is 18.2 Å². The predicted octanol–water partition coefficient (Wildman–Crippen LogP) is 4.16. The zero-order valence-corrected chi connectivity index (χ0v) is 11.9. The van der Waals surface area contributed by atoms with Gasteiger partial charge in [0.15, 0.2) is 0 Å². The molecule has 0 aromatic heterocycles. The number of benzene rings is 2. The van der Waals surface area contributed by atoms with Gasteiger partial charge in [0.05, 0.1) is 5.02 Å². The molecule has 106 valence electrons. The van der Waals surface area contributed by atoms with Crippen LogP contribution >= 0.6 is 11.6 Å². The molecule has 0 aliphatic rings. The molecule has 0 spiro atoms. The van der Waals surface area contributed by atoms with Gasteiger partial charge in [-0.15, -0.1) is 0 Å². The monoisotopic (exact) mass is 295 g/mol. The molecule has 0 aliphatic heterocycles. The molecule has 1 atom stereocenters. The summed E-state index contributed by atoms with van der Waals surface area (Å²) in [5.74, 6) is -0.689. The van der Waals surface area contributed by atoms with Crippen LogP contribution in [0.25, 0.3) is 0 Å². The maximum absolute atomic E-state index is 14.0. The molecule has 1 N–H and O–H groups in total. The van der Waals surface area contributed by atoms with Gasteiger partial charge < -0.3 is 5.32 Å². The first-order valence-corrected chi connectivity index (χ1v) is 6.82. The highest BCUT2D eigenvalue weighted by atomic mass is 35.5. The number of nitrogens with one attached hydrogen (secondary N) is 1. The van der Waals surface area contributed by atoms with Crippen molar-refractivity contribution in [2.75, 3.05) is 13.6 Å². The summed E-state index contributed by atoms with van der Waals surface area (Å²) >= 11 is 5.79. The second-order valence-corrected chi connectivity index (χ2v) is 5.13. The Bertz CT molecular complexity index is 586. The van der Waals surface area contributed by atoms with Crippen molar-refractivity contribution in [3.05, 3.63) is 70.2 Å². The highest BCUT2D eigenvalue weighted by Crippen LogP contribution is 2.25. The molecule has 0 aliphatic carbocycles. The molecule has 20 heavy (non-hydrogen) atoms. The molecule has 0 bridgehead atoms. The maximum Gasteiger partial charge on any atom is 0.144 e. The molecule has 2 aromatic carbocycles. The normalized spacial score (nSPS) is 12.4. The van der Waals surface area contributed by atoms with Crippen LogP contribution < -0.4 is 5.32 Å². The topological polar surface area (TPSA) is 12.0 Å². The summed E-state index contributed by atoms with van der Waals surface area (Å²) in [6.45, 7) is 0.634. The van der Waals surface area contributed by atoms with Gasteiger partial charge in [-0.05, 0) is 42.8 Å². The van der Waals surface area contributed by atoms with Crippen molar-refractivity contribution in [1.29, 1.82) is 0 Å². The van der Waals surface area contributed by atoms with Crippen LogP contribution in [-0.2, 0) is 6.42 Å². The zero-order valence-electron chi connectivity index (χ0n) is 11.2. The Hall–Kier alpha value is -1.45. The largest absolute Gasteiger partial charge is 0.319 e. The summed E-state index contributed by atoms with van der Waals surface area (Å²) in [4.78, 5) is 0. The van der Waals surface area contributed by atoms with Crippen LogP contribution in [0.15, 0.2) is 42.5 Å². The van der Waals surface area contributed by atoms with E-state index in [1.165, 1.54) is 18.2 Å². The summed E-state index contributed by atoms with van der Waals surface area (Å²) in [5, 5.41) is 3.18. The lowest BCUT2D eigenvalue weighted by molar-refractivity contribution is 0.569. The zero-order chi connectivity index (χ0) is 14.5. The molecule has 0 saturated heterocycles. The minimum absolute atomic E-state index is 0.0105. The van der Waals surface area contributed by atoms with Gasteiger partial charge in [-0.25, -0.2) is 8.78 Å². The average molecular weight is 296 g/mol. The van der Waals surface area contributed by atoms with Crippen molar-refractivity contribution in [2.45, 2.75) is 12.3 Å². The molecule has 0 radical (unpaired) electrons. The van der Waals surface area contributed by atoms with Crippen molar-refractivity contribution in [2.24, 2.45) is 0 Å². The third-order valence-electron chi connectivity index (χ3n) is 3.27. The molecule has 0 saturated carbocycles. The van der Waals surface area contributed by atoms with Gasteiger partial charge in [-0.1, -0.05) is 35.9 Å². The number of rotatable bonds is 5. The van der Waals surface area contributed by atoms with Crippen LogP contribution in [0.3, 0.4) is 0 Å². The number of hydrogen-bond acceptors (Lipinski definition) is 1. The van der Waals surface area contributed by atoms with Crippen LogP contribution in [-0.4, -0.2) is 13.6 Å². The molecule has 0 fully saturated rings. The smallest absolute Gasteiger partial charge is 0.144 e. The first-order valence-electron chi connectivity index (χ1n) is 6.44. The van der Waals surface area contributed by atoms with Crippen molar-refractivity contribution in [1.82, 2.24) is 5.32 Å². The Kier molecular flexibility index (Phi) is 5.10. The van der Waals surface area contributed by atoms with Crippen molar-refractivity contribution >= 4 is 11.6 Å². The van der Waals surface area contributed by atoms with Crippen LogP contribution in [0.2, 0.25) is 5.02 Å². The van der Waals surface area contributed by atoms with Crippen LogP contribution in [0.5, 0.6) is 0 Å². The minimum Gasteiger partial charge on any atom is -0.319 e. The highest BCUT2D eigenvalue weighted by molar-refractivity contribution is 6.30. The minimum atomic E-state index is -0.397. The second-order valence-electron chi connectivity index (χ2n) is 4.73. The first-order chi connectivity index (χ1) is 9.61. The lowest BCUT2D eigenvalue weighted by atomic mass is 9.91. The van der Waals surface area contributed by atoms with Crippen LogP contribution in [0.1, 0.15) is 17.0 Å². The Morgan fingerprint density at radius 2 is 1.90 bits per heavy atom. The highest BCUT2D eigenvalue weighted by Gasteiger charge is 2.16. The number of hydrogen-bond donors (Lipinski definition) is 1. The fraction of sp³-hybridized carbons (Fsp3) is 0.250. The van der Waals surface area contributed by atoms with Gasteiger partial charge in [0.1, 0.15) is 11.6 Å². The van der Waals surface area contributed by atoms with Gasteiger partial charge in [0.25, 0.3) is 0 Å². The summed E-state index contributed by atoms with van der Waals surface area (Å²) in [7, 11) is 1.82. The van der Waals surface area contributed by atoms with Crippen molar-refractivity contribution in [3.8, 4) is 0 Å². The molecular weight excluding hydrogens is 280 g/mol. The van der Waals surface area contributed by atoms with E-state index in [4.69, 9.17) is 11.6 Å². The molecule has 1 nitrogen and oxygen atoms in total. The lowest BCUT2D eigenvalue weighted by Crippen LogP contribution is -2.19. The standard InChI is InChI=1S/C16H16ClF2N/c1-20-10-13(11-4-2-6-14(18)9-11)8-12-5-3-7-15(17)16(12)19/h2-7,9,13,20H,8,10H2,1H3. The molecule has 1 unspecified atom stereocenters. The summed E-state index contributed by atoms with van der Waals surface area (Å²) in [6.07, 6.45) is 0.469. The van der Waals surface area contributed by atoms with E-state index in [1.807, 2.05) is 13.1 Å². The fourth-order valence-electron chi connectivity index (χ4n) is 2.29. The van der Waals surface area contributed by atoms with E-state index < -0.39 is 5.82 Å². The van der Waals surface area contributed by atoms with Crippen LogP contribution in [0, 0.1) is 11.6 Å². The molecule has 4 heteroatoms. The van der Waals surface area contributed by atoms with Gasteiger partial charge >= 0.3 is 0 Å². The number of likely N-dealkylation sites (N-methyl/N-ethyl adjacent to an activating group) is 1. The number of halogens is 3. The van der Waals surface area contributed by atoms with E-state index in [0.29, 0.717) is 18.5 Å². The van der Waals surface area contributed by atoms with Gasteiger partial charge in [0.2, 0.25) is 0 Å². The van der Waals surface area contributed by atoms with E-state index in [9.17, 15) is 8.78 Å². The van der Waals surface area contributed by atoms with Gasteiger partial charge in [-0.2, -0.15) is 0 Å². The summed E-state index contributed by atoms with van der Waals surface area (Å²) < 4.78 is 27.3. The molecular formula is C16H16ClF2N. The summed E-state index contributed by atoms with van der Waals surface area (Å²) in [6, 6.07) is 11.4. The van der Waals surface area contributed by atoms with Gasteiger partial charge in [-0.3, -0.25) is 0 Å². The third kappa shape index (κ3) is 3.56. The quantitative estimate of drug-likeness (QED) is 0.873. The molecule has 2 rings (SSSR count). The van der Waals surface area contributed by atoms with Crippen molar-refractivity contribution in [3.63, 3.8) is 0 Å². The SMILES string of the molecule is CNCC(Cc1cccc(Cl)c1F)c1cccc(F)c1. The van der Waals surface area contributed by atoms with Gasteiger partial charge in [0, 0.05) is 12.5 Å². The maximum atomic E-state index is 14.0. The Balaban J connectivity index is 2.28. The van der Waals surface area contributed by atoms with E-state index in [0.717, 1.165) is 5.56 Å². The molecule has 0 amide bonds. The lowest BCUT2D eigenvalue weighted by Gasteiger charge is -2.18. The Morgan fingerprint density at radius 1 is 1.15 bits per heavy atom. The first kappa shape index (κ1) is 14.9. The molecule has 2 aromatic rings. The van der Waals surface area contributed by atoms with E-state index >= 15 is 0 Å². The second kappa shape index (κ2) is 6.82. The summed E-state index contributed by atoms with van der Waals surface area (Å²) in [5.41, 5.74) is 1.39. The van der Waals surface area contributed by atoms with E-state index in [2.05, 4.69) is 5.32 Å². The third-order valence-corrected chi connectivity index (χ3v) is 3.56. The molecule has 0 heterocycles. The fourth-order valence-corrected chi connectivity index (χ4v) is 2.48. The van der Waals surface area contributed by atoms with E-state index in [-0.39, 0.29) is 16.8 Å².